The van der Waals surface area contributed by atoms with Gasteiger partial charge in [-0.05, 0) is 50.2 Å². The van der Waals surface area contributed by atoms with Gasteiger partial charge in [-0.15, -0.1) is 0 Å². The minimum atomic E-state index is 0.610. The molecule has 3 fully saturated rings. The highest BCUT2D eigenvalue weighted by atomic mass is 15.2. The smallest absolute Gasteiger partial charge is 0.176 e. The number of aromatic nitrogens is 3. The zero-order valence-corrected chi connectivity index (χ0v) is 22.4. The van der Waals surface area contributed by atoms with E-state index in [0.29, 0.717) is 12.1 Å². The molecule has 5 atom stereocenters. The van der Waals surface area contributed by atoms with Crippen LogP contribution in [0.2, 0.25) is 0 Å². The summed E-state index contributed by atoms with van der Waals surface area (Å²) >= 11 is 0. The highest BCUT2D eigenvalue weighted by Gasteiger charge is 2.28. The lowest BCUT2D eigenvalue weighted by atomic mass is 10.1. The van der Waals surface area contributed by atoms with Crippen LogP contribution in [0.4, 0.5) is 0 Å². The Kier molecular flexibility index (Phi) is 9.96. The molecule has 6 nitrogen and oxygen atoms in total. The maximum absolute atomic E-state index is 4.15. The zero-order valence-electron chi connectivity index (χ0n) is 22.4. The Morgan fingerprint density at radius 3 is 1.86 bits per heavy atom. The van der Waals surface area contributed by atoms with E-state index in [1.54, 1.807) is 9.80 Å². The lowest BCUT2D eigenvalue weighted by Gasteiger charge is -2.18. The van der Waals surface area contributed by atoms with Gasteiger partial charge in [-0.25, -0.2) is 4.98 Å². The van der Waals surface area contributed by atoms with Crippen LogP contribution in [0.25, 0.3) is 0 Å². The van der Waals surface area contributed by atoms with Gasteiger partial charge in [0.05, 0.1) is 32.7 Å². The summed E-state index contributed by atoms with van der Waals surface area (Å²) < 4.78 is 0. The Bertz CT molecular complexity index is 868. The van der Waals surface area contributed by atoms with Crippen LogP contribution >= 0.6 is 0 Å². The summed E-state index contributed by atoms with van der Waals surface area (Å²) in [4.78, 5) is 17.1. The van der Waals surface area contributed by atoms with Crippen molar-refractivity contribution < 1.29 is 14.8 Å². The number of nitrogens with zero attached hydrogens (tertiary/aromatic N) is 3. The molecule has 3 aliphatic rings. The second-order valence-corrected chi connectivity index (χ2v) is 10.6. The van der Waals surface area contributed by atoms with E-state index in [0.717, 1.165) is 6.04 Å². The summed E-state index contributed by atoms with van der Waals surface area (Å²) in [7, 11) is 6.74. The number of likely N-dealkylation sites (tertiary alicyclic amines) is 3. The molecule has 6 rings (SSSR count). The van der Waals surface area contributed by atoms with Crippen LogP contribution in [0.15, 0.2) is 73.6 Å². The van der Waals surface area contributed by atoms with Crippen molar-refractivity contribution in [3.63, 3.8) is 0 Å². The number of hydrogen-bond acceptors (Lipinski definition) is 3. The normalized spacial score (nSPS) is 27.6. The number of quaternary nitrogens is 2. The molecule has 0 aromatic carbocycles. The van der Waals surface area contributed by atoms with E-state index in [9.17, 15) is 0 Å². The molecule has 3 aliphatic heterocycles. The SMILES string of the molecule is CN1CCC[C@H]1c1cccnc1.C[NH+]1CCC[C@H]1c1ccc[nH+]c1.C[NH+]1CCC[C@H]1c1cccnc1. The van der Waals surface area contributed by atoms with E-state index in [1.807, 2.05) is 43.1 Å². The Hall–Kier alpha value is -2.67. The maximum atomic E-state index is 4.15. The number of pyridine rings is 3. The summed E-state index contributed by atoms with van der Waals surface area (Å²) in [6.45, 7) is 3.85. The molecular weight excluding hydrogens is 444 g/mol. The number of nitrogens with one attached hydrogen (secondary N) is 3. The van der Waals surface area contributed by atoms with Crippen LogP contribution in [-0.2, 0) is 0 Å². The van der Waals surface area contributed by atoms with Crippen LogP contribution in [0.3, 0.4) is 0 Å². The fourth-order valence-electron chi connectivity index (χ4n) is 6.02. The predicted octanol–water partition coefficient (Wildman–Crippen LogP) is 2.13. The minimum Gasteiger partial charge on any atom is -0.331 e. The van der Waals surface area contributed by atoms with E-state index in [4.69, 9.17) is 0 Å². The minimum absolute atomic E-state index is 0.610. The number of hydrogen-bond donors (Lipinski definition) is 2. The summed E-state index contributed by atoms with van der Waals surface area (Å²) in [5, 5.41) is 0. The molecular formula is C30H45N6+3. The standard InChI is InChI=1S/3C10H14N2/c3*1-12-7-3-5-10(12)9-4-2-6-11-8-9/h3*2,4,6,8,10H,3,5,7H2,1H3/p+3/t3*10-/m000/s1. The summed E-state index contributed by atoms with van der Waals surface area (Å²) in [6, 6.07) is 14.7. The van der Waals surface area contributed by atoms with E-state index in [-0.39, 0.29) is 0 Å². The molecule has 0 aliphatic carbocycles. The van der Waals surface area contributed by atoms with Gasteiger partial charge in [-0.1, -0.05) is 12.1 Å². The Labute approximate surface area is 217 Å². The van der Waals surface area contributed by atoms with Gasteiger partial charge in [0.2, 0.25) is 0 Å². The molecule has 0 spiro atoms. The topological polar surface area (TPSA) is 52.0 Å². The van der Waals surface area contributed by atoms with Crippen molar-refractivity contribution in [3.8, 4) is 0 Å². The average molecular weight is 490 g/mol. The van der Waals surface area contributed by atoms with Gasteiger partial charge in [-0.3, -0.25) is 14.9 Å². The molecule has 0 radical (unpaired) electrons. The van der Waals surface area contributed by atoms with E-state index < -0.39 is 0 Å². The van der Waals surface area contributed by atoms with E-state index >= 15 is 0 Å². The predicted molar refractivity (Wildman–Crippen MR) is 144 cm³/mol. The third kappa shape index (κ3) is 7.19. The van der Waals surface area contributed by atoms with Gasteiger partial charge in [0.15, 0.2) is 12.4 Å². The largest absolute Gasteiger partial charge is 0.331 e. The first-order valence-corrected chi connectivity index (χ1v) is 13.7. The molecule has 2 unspecified atom stereocenters. The second kappa shape index (κ2) is 13.6. The maximum Gasteiger partial charge on any atom is 0.176 e. The quantitative estimate of drug-likeness (QED) is 0.593. The van der Waals surface area contributed by atoms with Crippen LogP contribution in [0.5, 0.6) is 0 Å². The molecule has 0 saturated carbocycles. The van der Waals surface area contributed by atoms with Crippen LogP contribution in [-0.4, -0.2) is 55.6 Å². The first kappa shape index (κ1) is 26.4. The second-order valence-electron chi connectivity index (χ2n) is 10.6. The number of aromatic amines is 1. The van der Waals surface area contributed by atoms with Gasteiger partial charge >= 0.3 is 0 Å². The lowest BCUT2D eigenvalue weighted by molar-refractivity contribution is -0.898. The first-order valence-electron chi connectivity index (χ1n) is 13.7. The van der Waals surface area contributed by atoms with Crippen molar-refractivity contribution in [2.75, 3.05) is 40.8 Å². The van der Waals surface area contributed by atoms with Crippen molar-refractivity contribution in [3.05, 3.63) is 90.3 Å². The highest BCUT2D eigenvalue weighted by molar-refractivity contribution is 5.15. The Balaban J connectivity index is 0.000000127. The van der Waals surface area contributed by atoms with Crippen molar-refractivity contribution >= 4 is 0 Å². The molecule has 0 amide bonds. The molecule has 3 aromatic heterocycles. The van der Waals surface area contributed by atoms with E-state index in [2.05, 4.69) is 71.5 Å². The van der Waals surface area contributed by atoms with Crippen molar-refractivity contribution in [1.29, 1.82) is 0 Å². The highest BCUT2D eigenvalue weighted by Crippen LogP contribution is 2.29. The third-order valence-corrected chi connectivity index (χ3v) is 8.13. The summed E-state index contributed by atoms with van der Waals surface area (Å²) in [5.41, 5.74) is 4.21. The molecule has 36 heavy (non-hydrogen) atoms. The number of rotatable bonds is 3. The van der Waals surface area contributed by atoms with Crippen LogP contribution in [0.1, 0.15) is 73.3 Å². The van der Waals surface area contributed by atoms with Gasteiger partial charge < -0.3 is 9.80 Å². The number of H-pyrrole nitrogens is 1. The Morgan fingerprint density at radius 2 is 1.39 bits per heavy atom. The van der Waals surface area contributed by atoms with Crippen molar-refractivity contribution in [2.24, 2.45) is 0 Å². The summed E-state index contributed by atoms with van der Waals surface area (Å²) in [5.74, 6) is 0. The van der Waals surface area contributed by atoms with Crippen LogP contribution in [0, 0.1) is 0 Å². The van der Waals surface area contributed by atoms with Crippen LogP contribution < -0.4 is 14.8 Å². The average Bonchev–Trinajstić information content (AvgIpc) is 3.67. The Morgan fingerprint density at radius 1 is 0.778 bits per heavy atom. The van der Waals surface area contributed by atoms with E-state index in [1.165, 1.54) is 74.8 Å². The first-order chi connectivity index (χ1) is 17.6. The molecule has 3 saturated heterocycles. The monoisotopic (exact) mass is 489 g/mol. The fourth-order valence-corrected chi connectivity index (χ4v) is 6.02. The van der Waals surface area contributed by atoms with Gasteiger partial charge in [0, 0.05) is 68.1 Å². The van der Waals surface area contributed by atoms with Gasteiger partial charge in [0.25, 0.3) is 0 Å². The molecule has 6 heterocycles. The molecule has 3 aromatic rings. The lowest BCUT2D eigenvalue weighted by Crippen LogP contribution is -3.07. The molecule has 3 N–H and O–H groups in total. The van der Waals surface area contributed by atoms with Crippen molar-refractivity contribution in [2.45, 2.75) is 56.7 Å². The molecule has 192 valence electrons. The zero-order chi connectivity index (χ0) is 25.2. The molecule has 0 bridgehead atoms. The third-order valence-electron chi connectivity index (χ3n) is 8.13. The van der Waals surface area contributed by atoms with Gasteiger partial charge in [0.1, 0.15) is 12.1 Å². The molecule has 6 heteroatoms. The fraction of sp³-hybridized carbons (Fsp3) is 0.500. The summed E-state index contributed by atoms with van der Waals surface area (Å²) in [6.07, 6.45) is 19.7. The van der Waals surface area contributed by atoms with Gasteiger partial charge in [-0.2, -0.15) is 0 Å². The van der Waals surface area contributed by atoms with Crippen molar-refractivity contribution in [1.82, 2.24) is 14.9 Å².